The Morgan fingerprint density at radius 2 is 2.11 bits per heavy atom. The average Bonchev–Trinajstić information content (AvgIpc) is 3.38. The molecule has 2 saturated carbocycles. The van der Waals surface area contributed by atoms with Crippen LogP contribution in [-0.2, 0) is 6.61 Å². The molecule has 150 valence electrons. The van der Waals surface area contributed by atoms with E-state index < -0.39 is 0 Å². The molecule has 0 radical (unpaired) electrons. The Kier molecular flexibility index (Phi) is 5.17. The third-order valence-corrected chi connectivity index (χ3v) is 6.71. The lowest BCUT2D eigenvalue weighted by Crippen LogP contribution is -2.40. The summed E-state index contributed by atoms with van der Waals surface area (Å²) in [6.07, 6.45) is 5.26. The molecule has 1 aromatic carbocycles. The maximum absolute atomic E-state index is 12.9. The van der Waals surface area contributed by atoms with E-state index in [1.807, 2.05) is 32.9 Å². The van der Waals surface area contributed by atoms with Crippen molar-refractivity contribution in [1.29, 1.82) is 0 Å². The molecule has 1 amide bonds. The second-order valence-electron chi connectivity index (χ2n) is 8.72. The molecule has 2 bridgehead atoms. The van der Waals surface area contributed by atoms with Crippen LogP contribution in [0.3, 0.4) is 0 Å². The highest BCUT2D eigenvalue weighted by Gasteiger charge is 2.42. The SMILES string of the molecule is Cc1ccc(C)c(OCc2c(C(=O)NC(C)C3CC4CCC3C4)noc2C)c1. The van der Waals surface area contributed by atoms with Gasteiger partial charge in [-0.05, 0) is 81.9 Å². The summed E-state index contributed by atoms with van der Waals surface area (Å²) >= 11 is 0. The molecule has 2 aromatic rings. The predicted molar refractivity (Wildman–Crippen MR) is 107 cm³/mol. The summed E-state index contributed by atoms with van der Waals surface area (Å²) in [7, 11) is 0. The van der Waals surface area contributed by atoms with Gasteiger partial charge in [-0.15, -0.1) is 0 Å². The van der Waals surface area contributed by atoms with Gasteiger partial charge in [-0.2, -0.15) is 0 Å². The Labute approximate surface area is 166 Å². The molecule has 28 heavy (non-hydrogen) atoms. The molecule has 2 fully saturated rings. The van der Waals surface area contributed by atoms with Crippen molar-refractivity contribution in [2.24, 2.45) is 17.8 Å². The molecule has 2 aliphatic rings. The van der Waals surface area contributed by atoms with Crippen LogP contribution in [0.25, 0.3) is 0 Å². The van der Waals surface area contributed by atoms with E-state index in [-0.39, 0.29) is 18.6 Å². The van der Waals surface area contributed by atoms with Crippen LogP contribution in [0.1, 0.15) is 65.5 Å². The van der Waals surface area contributed by atoms with Gasteiger partial charge < -0.3 is 14.6 Å². The molecule has 0 saturated heterocycles. The third-order valence-electron chi connectivity index (χ3n) is 6.71. The van der Waals surface area contributed by atoms with Crippen LogP contribution in [0, 0.1) is 38.5 Å². The van der Waals surface area contributed by atoms with Crippen molar-refractivity contribution in [2.75, 3.05) is 0 Å². The van der Waals surface area contributed by atoms with Crippen molar-refractivity contribution < 1.29 is 14.1 Å². The van der Waals surface area contributed by atoms with Crippen LogP contribution in [0.2, 0.25) is 0 Å². The normalized spacial score (nSPS) is 24.4. The summed E-state index contributed by atoms with van der Waals surface area (Å²) in [5, 5.41) is 7.21. The van der Waals surface area contributed by atoms with Gasteiger partial charge in [-0.3, -0.25) is 4.79 Å². The van der Waals surface area contributed by atoms with Gasteiger partial charge in [-0.25, -0.2) is 0 Å². The first-order chi connectivity index (χ1) is 13.4. The Morgan fingerprint density at radius 1 is 1.29 bits per heavy atom. The Balaban J connectivity index is 1.43. The first kappa shape index (κ1) is 19.0. The molecule has 1 aromatic heterocycles. The van der Waals surface area contributed by atoms with Crippen LogP contribution in [0.4, 0.5) is 0 Å². The van der Waals surface area contributed by atoms with Crippen LogP contribution >= 0.6 is 0 Å². The number of hydrogen-bond acceptors (Lipinski definition) is 4. The minimum atomic E-state index is -0.160. The number of nitrogens with one attached hydrogen (secondary N) is 1. The number of hydrogen-bond donors (Lipinski definition) is 1. The summed E-state index contributed by atoms with van der Waals surface area (Å²) in [4.78, 5) is 12.9. The van der Waals surface area contributed by atoms with Gasteiger partial charge >= 0.3 is 0 Å². The highest BCUT2D eigenvalue weighted by Crippen LogP contribution is 2.49. The second kappa shape index (κ2) is 7.61. The minimum absolute atomic E-state index is 0.160. The average molecular weight is 383 g/mol. The lowest BCUT2D eigenvalue weighted by molar-refractivity contribution is 0.0904. The van der Waals surface area contributed by atoms with Gasteiger partial charge in [0, 0.05) is 6.04 Å². The van der Waals surface area contributed by atoms with Crippen LogP contribution < -0.4 is 10.1 Å². The quantitative estimate of drug-likeness (QED) is 0.784. The Morgan fingerprint density at radius 3 is 2.82 bits per heavy atom. The minimum Gasteiger partial charge on any atom is -0.488 e. The molecule has 4 unspecified atom stereocenters. The van der Waals surface area contributed by atoms with Crippen molar-refractivity contribution in [3.05, 3.63) is 46.3 Å². The van der Waals surface area contributed by atoms with E-state index in [0.717, 1.165) is 34.3 Å². The maximum Gasteiger partial charge on any atom is 0.274 e. The Bertz CT molecular complexity index is 873. The van der Waals surface area contributed by atoms with E-state index in [0.29, 0.717) is 17.4 Å². The summed E-state index contributed by atoms with van der Waals surface area (Å²) < 4.78 is 11.3. The monoisotopic (exact) mass is 382 g/mol. The maximum atomic E-state index is 12.9. The zero-order chi connectivity index (χ0) is 19.8. The molecule has 2 aliphatic carbocycles. The topological polar surface area (TPSA) is 64.4 Å². The number of carbonyl (C=O) groups is 1. The highest BCUT2D eigenvalue weighted by atomic mass is 16.5. The lowest BCUT2D eigenvalue weighted by atomic mass is 9.84. The van der Waals surface area contributed by atoms with Crippen LogP contribution in [0.5, 0.6) is 5.75 Å². The predicted octanol–water partition coefficient (Wildman–Crippen LogP) is 4.73. The first-order valence-electron chi connectivity index (χ1n) is 10.4. The van der Waals surface area contributed by atoms with Crippen molar-refractivity contribution >= 4 is 5.91 Å². The van der Waals surface area contributed by atoms with E-state index in [1.54, 1.807) is 0 Å². The van der Waals surface area contributed by atoms with Crippen molar-refractivity contribution in [1.82, 2.24) is 10.5 Å². The zero-order valence-corrected chi connectivity index (χ0v) is 17.2. The number of aryl methyl sites for hydroxylation is 3. The molecular formula is C23H30N2O3. The van der Waals surface area contributed by atoms with Gasteiger partial charge in [-0.1, -0.05) is 23.7 Å². The fourth-order valence-corrected chi connectivity index (χ4v) is 5.04. The fourth-order valence-electron chi connectivity index (χ4n) is 5.04. The van der Waals surface area contributed by atoms with Crippen molar-refractivity contribution in [2.45, 2.75) is 66.0 Å². The van der Waals surface area contributed by atoms with Crippen molar-refractivity contribution in [3.8, 4) is 5.75 Å². The van der Waals surface area contributed by atoms with Gasteiger partial charge in [0.1, 0.15) is 18.1 Å². The highest BCUT2D eigenvalue weighted by molar-refractivity contribution is 5.94. The summed E-state index contributed by atoms with van der Waals surface area (Å²) in [5.74, 6) is 3.51. The van der Waals surface area contributed by atoms with E-state index in [1.165, 1.54) is 25.7 Å². The zero-order valence-electron chi connectivity index (χ0n) is 17.2. The molecule has 4 rings (SSSR count). The number of aromatic nitrogens is 1. The molecule has 5 nitrogen and oxygen atoms in total. The largest absolute Gasteiger partial charge is 0.488 e. The summed E-state index contributed by atoms with van der Waals surface area (Å²) in [6, 6.07) is 6.26. The molecule has 0 spiro atoms. The molecule has 1 heterocycles. The van der Waals surface area contributed by atoms with Crippen LogP contribution in [-0.4, -0.2) is 17.1 Å². The number of nitrogens with zero attached hydrogens (tertiary/aromatic N) is 1. The standard InChI is InChI=1S/C23H30N2O3/c1-13-5-6-14(2)21(9-13)27-12-20-16(4)28-25-22(20)23(26)24-15(3)19-11-17-7-8-18(19)10-17/h5-6,9,15,17-19H,7-8,10-12H2,1-4H3,(H,24,26). The number of benzene rings is 1. The summed E-state index contributed by atoms with van der Waals surface area (Å²) in [5.41, 5.74) is 3.27. The van der Waals surface area contributed by atoms with Gasteiger partial charge in [0.2, 0.25) is 0 Å². The van der Waals surface area contributed by atoms with Gasteiger partial charge in [0.05, 0.1) is 5.56 Å². The third kappa shape index (κ3) is 3.67. The molecule has 5 heteroatoms. The molecule has 0 aliphatic heterocycles. The number of carbonyl (C=O) groups excluding carboxylic acids is 1. The number of fused-ring (bicyclic) bond motifs is 2. The van der Waals surface area contributed by atoms with E-state index in [2.05, 4.69) is 23.5 Å². The number of amides is 1. The first-order valence-corrected chi connectivity index (χ1v) is 10.4. The van der Waals surface area contributed by atoms with E-state index in [9.17, 15) is 4.79 Å². The Hall–Kier alpha value is -2.30. The van der Waals surface area contributed by atoms with Gasteiger partial charge in [0.25, 0.3) is 5.91 Å². The van der Waals surface area contributed by atoms with Gasteiger partial charge in [0.15, 0.2) is 5.69 Å². The molecule has 1 N–H and O–H groups in total. The molecule has 4 atom stereocenters. The van der Waals surface area contributed by atoms with Crippen LogP contribution in [0.15, 0.2) is 22.7 Å². The second-order valence-corrected chi connectivity index (χ2v) is 8.72. The fraction of sp³-hybridized carbons (Fsp3) is 0.565. The number of rotatable bonds is 6. The number of ether oxygens (including phenoxy) is 1. The molecular weight excluding hydrogens is 352 g/mol. The summed E-state index contributed by atoms with van der Waals surface area (Å²) in [6.45, 7) is 8.27. The van der Waals surface area contributed by atoms with Crippen molar-refractivity contribution in [3.63, 3.8) is 0 Å². The van der Waals surface area contributed by atoms with E-state index in [4.69, 9.17) is 9.26 Å². The lowest BCUT2D eigenvalue weighted by Gasteiger charge is -2.28. The van der Waals surface area contributed by atoms with E-state index >= 15 is 0 Å². The smallest absolute Gasteiger partial charge is 0.274 e.